The maximum atomic E-state index is 11.8. The van der Waals surface area contributed by atoms with Gasteiger partial charge in [-0.1, -0.05) is 42.1 Å². The van der Waals surface area contributed by atoms with Crippen molar-refractivity contribution < 1.29 is 4.79 Å². The zero-order chi connectivity index (χ0) is 11.4. The molecule has 17 heavy (non-hydrogen) atoms. The molecule has 3 nitrogen and oxygen atoms in total. The van der Waals surface area contributed by atoms with Crippen molar-refractivity contribution in [2.24, 2.45) is 4.99 Å². The normalized spacial score (nSPS) is 14.2. The molecule has 1 aromatic carbocycles. The molecule has 1 aliphatic rings. The highest BCUT2D eigenvalue weighted by Gasteiger charge is 2.14. The first-order valence-corrected chi connectivity index (χ1v) is 6.22. The highest BCUT2D eigenvalue weighted by molar-refractivity contribution is 8.14. The summed E-state index contributed by atoms with van der Waals surface area (Å²) in [5, 5.41) is 0.976. The third kappa shape index (κ3) is 3.75. The van der Waals surface area contributed by atoms with Crippen LogP contribution >= 0.6 is 24.2 Å². The van der Waals surface area contributed by atoms with Crippen LogP contribution in [0.2, 0.25) is 0 Å². The molecule has 0 unspecified atom stereocenters. The number of amidine groups is 1. The lowest BCUT2D eigenvalue weighted by molar-refractivity contribution is 0.102. The molecule has 0 bridgehead atoms. The number of thioether (sulfide) groups is 1. The lowest BCUT2D eigenvalue weighted by Gasteiger charge is -2.12. The van der Waals surface area contributed by atoms with E-state index in [9.17, 15) is 4.79 Å². The van der Waals surface area contributed by atoms with Gasteiger partial charge in [-0.05, 0) is 0 Å². The molecule has 0 saturated heterocycles. The molecule has 0 aliphatic carbocycles. The number of Topliss-reactive ketones (excluding diaryl/α,β-unsaturated/α-hetero) is 1. The van der Waals surface area contributed by atoms with Gasteiger partial charge in [-0.3, -0.25) is 9.79 Å². The molecule has 5 heteroatoms. The molecule has 0 N–H and O–H groups in total. The summed E-state index contributed by atoms with van der Waals surface area (Å²) in [7, 11) is 2.01. The van der Waals surface area contributed by atoms with Crippen molar-refractivity contribution in [3.8, 4) is 0 Å². The van der Waals surface area contributed by atoms with E-state index in [2.05, 4.69) is 9.89 Å². The molecule has 0 radical (unpaired) electrons. The molecule has 0 spiro atoms. The van der Waals surface area contributed by atoms with Gasteiger partial charge in [-0.25, -0.2) is 0 Å². The van der Waals surface area contributed by atoms with E-state index in [1.54, 1.807) is 0 Å². The van der Waals surface area contributed by atoms with Gasteiger partial charge >= 0.3 is 0 Å². The molecule has 92 valence electrons. The SMILES string of the molecule is CN1CCN=C1SCC(=O)c1ccccc1.Cl. The number of ketones is 1. The Morgan fingerprint density at radius 2 is 2.12 bits per heavy atom. The first kappa shape index (κ1) is 14.1. The minimum absolute atomic E-state index is 0. The van der Waals surface area contributed by atoms with E-state index >= 15 is 0 Å². The Kier molecular flexibility index (Phi) is 5.51. The van der Waals surface area contributed by atoms with Gasteiger partial charge in [0.25, 0.3) is 0 Å². The summed E-state index contributed by atoms with van der Waals surface area (Å²) in [4.78, 5) is 18.2. The van der Waals surface area contributed by atoms with Crippen molar-refractivity contribution >= 4 is 35.1 Å². The van der Waals surface area contributed by atoms with E-state index in [0.717, 1.165) is 23.8 Å². The molecule has 0 fully saturated rings. The molecule has 1 aromatic rings. The van der Waals surface area contributed by atoms with Crippen LogP contribution in [0.5, 0.6) is 0 Å². The van der Waals surface area contributed by atoms with E-state index in [1.807, 2.05) is 37.4 Å². The second kappa shape index (κ2) is 6.67. The number of rotatable bonds is 3. The van der Waals surface area contributed by atoms with E-state index < -0.39 is 0 Å². The second-order valence-corrected chi connectivity index (χ2v) is 4.61. The van der Waals surface area contributed by atoms with Gasteiger partial charge in [0.15, 0.2) is 11.0 Å². The monoisotopic (exact) mass is 270 g/mol. The van der Waals surface area contributed by atoms with Crippen LogP contribution in [0.25, 0.3) is 0 Å². The summed E-state index contributed by atoms with van der Waals surface area (Å²) in [5.41, 5.74) is 0.774. The molecule has 1 heterocycles. The molecular formula is C12H15ClN2OS. The highest BCUT2D eigenvalue weighted by atomic mass is 35.5. The predicted molar refractivity (Wildman–Crippen MR) is 75.4 cm³/mol. The predicted octanol–water partition coefficient (Wildman–Crippen LogP) is 2.33. The largest absolute Gasteiger partial charge is 0.353 e. The molecule has 0 atom stereocenters. The molecule has 0 aromatic heterocycles. The van der Waals surface area contributed by atoms with Crippen molar-refractivity contribution in [3.63, 3.8) is 0 Å². The molecule has 0 amide bonds. The quantitative estimate of drug-likeness (QED) is 0.791. The van der Waals surface area contributed by atoms with E-state index in [-0.39, 0.29) is 18.2 Å². The molecule has 1 aliphatic heterocycles. The summed E-state index contributed by atoms with van der Waals surface area (Å²) >= 11 is 1.52. The van der Waals surface area contributed by atoms with Crippen LogP contribution in [0.15, 0.2) is 35.3 Å². The Morgan fingerprint density at radius 1 is 1.41 bits per heavy atom. The van der Waals surface area contributed by atoms with E-state index in [0.29, 0.717) is 5.75 Å². The van der Waals surface area contributed by atoms with Crippen molar-refractivity contribution in [2.75, 3.05) is 25.9 Å². The van der Waals surface area contributed by atoms with Crippen LogP contribution in [0.3, 0.4) is 0 Å². The van der Waals surface area contributed by atoms with Gasteiger partial charge in [0.1, 0.15) is 0 Å². The van der Waals surface area contributed by atoms with Crippen LogP contribution in [0, 0.1) is 0 Å². The maximum absolute atomic E-state index is 11.8. The third-order valence-electron chi connectivity index (χ3n) is 2.44. The molecule has 0 saturated carbocycles. The van der Waals surface area contributed by atoms with Crippen LogP contribution < -0.4 is 0 Å². The maximum Gasteiger partial charge on any atom is 0.173 e. The van der Waals surface area contributed by atoms with Gasteiger partial charge in [-0.15, -0.1) is 12.4 Å². The summed E-state index contributed by atoms with van der Waals surface area (Å²) < 4.78 is 0. The lowest BCUT2D eigenvalue weighted by atomic mass is 10.2. The summed E-state index contributed by atoms with van der Waals surface area (Å²) in [6.07, 6.45) is 0. The first-order chi connectivity index (χ1) is 7.77. The van der Waals surface area contributed by atoms with Gasteiger partial charge in [0.2, 0.25) is 0 Å². The Balaban J connectivity index is 0.00000144. The van der Waals surface area contributed by atoms with Crippen LogP contribution in [0.4, 0.5) is 0 Å². The second-order valence-electron chi connectivity index (χ2n) is 3.66. The van der Waals surface area contributed by atoms with Gasteiger partial charge in [0.05, 0.1) is 12.3 Å². The Labute approximate surface area is 112 Å². The van der Waals surface area contributed by atoms with Crippen molar-refractivity contribution in [1.82, 2.24) is 4.90 Å². The zero-order valence-corrected chi connectivity index (χ0v) is 11.3. The van der Waals surface area contributed by atoms with Crippen molar-refractivity contribution in [3.05, 3.63) is 35.9 Å². The summed E-state index contributed by atoms with van der Waals surface area (Å²) in [6.45, 7) is 1.81. The highest BCUT2D eigenvalue weighted by Crippen LogP contribution is 2.14. The Morgan fingerprint density at radius 3 is 2.71 bits per heavy atom. The number of hydrogen-bond donors (Lipinski definition) is 0. The first-order valence-electron chi connectivity index (χ1n) is 5.24. The number of halogens is 1. The third-order valence-corrected chi connectivity index (χ3v) is 3.54. The standard InChI is InChI=1S/C12H14N2OS.ClH/c1-14-8-7-13-12(14)16-9-11(15)10-5-3-2-4-6-10;/h2-6H,7-9H2,1H3;1H. The topological polar surface area (TPSA) is 32.7 Å². The smallest absolute Gasteiger partial charge is 0.173 e. The van der Waals surface area contributed by atoms with Crippen LogP contribution in [-0.4, -0.2) is 41.7 Å². The van der Waals surface area contributed by atoms with Crippen molar-refractivity contribution in [2.45, 2.75) is 0 Å². The fourth-order valence-corrected chi connectivity index (χ4v) is 2.43. The van der Waals surface area contributed by atoms with E-state index in [1.165, 1.54) is 11.8 Å². The Bertz CT molecular complexity index is 408. The fourth-order valence-electron chi connectivity index (χ4n) is 1.51. The number of carbonyl (C=O) groups excluding carboxylic acids is 1. The number of carbonyl (C=O) groups is 1. The Hall–Kier alpha value is -1.00. The number of likely N-dealkylation sites (N-methyl/N-ethyl adjacent to an activating group) is 1. The summed E-state index contributed by atoms with van der Waals surface area (Å²) in [6, 6.07) is 9.39. The van der Waals surface area contributed by atoms with Gasteiger partial charge in [-0.2, -0.15) is 0 Å². The van der Waals surface area contributed by atoms with Crippen LogP contribution in [0.1, 0.15) is 10.4 Å². The van der Waals surface area contributed by atoms with Gasteiger partial charge in [0, 0.05) is 19.2 Å². The zero-order valence-electron chi connectivity index (χ0n) is 9.63. The van der Waals surface area contributed by atoms with Crippen LogP contribution in [-0.2, 0) is 0 Å². The summed E-state index contributed by atoms with van der Waals surface area (Å²) in [5.74, 6) is 0.626. The molecular weight excluding hydrogens is 256 g/mol. The van der Waals surface area contributed by atoms with Gasteiger partial charge < -0.3 is 4.90 Å². The number of hydrogen-bond acceptors (Lipinski definition) is 4. The average molecular weight is 271 g/mol. The average Bonchev–Trinajstić information content (AvgIpc) is 2.73. The fraction of sp³-hybridized carbons (Fsp3) is 0.333. The molecule has 2 rings (SSSR count). The number of nitrogens with zero attached hydrogens (tertiary/aromatic N) is 2. The van der Waals surface area contributed by atoms with E-state index in [4.69, 9.17) is 0 Å². The number of benzene rings is 1. The number of aliphatic imine (C=N–C) groups is 1. The minimum Gasteiger partial charge on any atom is -0.353 e. The van der Waals surface area contributed by atoms with Crippen molar-refractivity contribution in [1.29, 1.82) is 0 Å². The lowest BCUT2D eigenvalue weighted by Crippen LogP contribution is -2.21. The minimum atomic E-state index is 0.